The van der Waals surface area contributed by atoms with Crippen LogP contribution in [0.25, 0.3) is 0 Å². The molecule has 140 valence electrons. The van der Waals surface area contributed by atoms with Crippen LogP contribution in [-0.4, -0.2) is 40.2 Å². The van der Waals surface area contributed by atoms with Gasteiger partial charge < -0.3 is 16.0 Å². The molecule has 0 aliphatic carbocycles. The second-order valence-electron chi connectivity index (χ2n) is 7.18. The predicted octanol–water partition coefficient (Wildman–Crippen LogP) is 2.63. The number of anilines is 2. The Bertz CT molecular complexity index is 788. The summed E-state index contributed by atoms with van der Waals surface area (Å²) in [5.41, 5.74) is 5.95. The van der Waals surface area contributed by atoms with Crippen molar-refractivity contribution in [3.8, 4) is 0 Å². The number of nitrogens with one attached hydrogen (secondary N) is 1. The molecule has 1 aromatic heterocycles. The summed E-state index contributed by atoms with van der Waals surface area (Å²) in [6, 6.07) is 8.71. The number of amides is 1. The second kappa shape index (κ2) is 6.68. The van der Waals surface area contributed by atoms with Crippen LogP contribution in [0.5, 0.6) is 0 Å². The molecule has 2 aromatic rings. The number of aromatic nitrogens is 2. The predicted molar refractivity (Wildman–Crippen MR) is 96.6 cm³/mol. The Kier molecular flexibility index (Phi) is 4.70. The Balaban J connectivity index is 1.87. The zero-order valence-corrected chi connectivity index (χ0v) is 14.9. The van der Waals surface area contributed by atoms with Crippen LogP contribution in [0.2, 0.25) is 0 Å². The molecule has 3 rings (SSSR count). The van der Waals surface area contributed by atoms with Crippen LogP contribution < -0.4 is 16.0 Å². The van der Waals surface area contributed by atoms with Crippen molar-refractivity contribution in [3.63, 3.8) is 0 Å². The highest BCUT2D eigenvalue weighted by atomic mass is 19.3. The minimum atomic E-state index is -2.93. The van der Waals surface area contributed by atoms with Gasteiger partial charge in [-0.05, 0) is 25.5 Å². The van der Waals surface area contributed by atoms with Crippen molar-refractivity contribution >= 4 is 17.4 Å². The summed E-state index contributed by atoms with van der Waals surface area (Å²) in [5, 5.41) is 6.91. The first kappa shape index (κ1) is 18.3. The summed E-state index contributed by atoms with van der Waals surface area (Å²) in [6.07, 6.45) is 1.51. The topological polar surface area (TPSA) is 76.2 Å². The van der Waals surface area contributed by atoms with E-state index in [4.69, 9.17) is 5.73 Å². The highest BCUT2D eigenvalue weighted by molar-refractivity contribution is 6.05. The second-order valence-corrected chi connectivity index (χ2v) is 7.18. The molecule has 8 heteroatoms. The number of alkyl halides is 2. The first-order valence-electron chi connectivity index (χ1n) is 8.47. The third kappa shape index (κ3) is 4.01. The Hall–Kier alpha value is -2.48. The van der Waals surface area contributed by atoms with E-state index in [1.54, 1.807) is 43.1 Å². The third-order valence-electron chi connectivity index (χ3n) is 4.53. The molecule has 0 radical (unpaired) electrons. The smallest absolute Gasteiger partial charge is 0.267 e. The van der Waals surface area contributed by atoms with Gasteiger partial charge in [0.1, 0.15) is 5.69 Å². The van der Waals surface area contributed by atoms with Crippen molar-refractivity contribution in [2.45, 2.75) is 31.2 Å². The van der Waals surface area contributed by atoms with E-state index < -0.39 is 18.0 Å². The Labute approximate surface area is 151 Å². The average molecular weight is 363 g/mol. The minimum absolute atomic E-state index is 0.315. The van der Waals surface area contributed by atoms with Crippen LogP contribution in [0.15, 0.2) is 36.5 Å². The Morgan fingerprint density at radius 1 is 1.31 bits per heavy atom. The van der Waals surface area contributed by atoms with Crippen LogP contribution in [-0.2, 0) is 7.05 Å². The first-order chi connectivity index (χ1) is 12.2. The molecule has 0 bridgehead atoms. The molecule has 0 unspecified atom stereocenters. The van der Waals surface area contributed by atoms with Crippen molar-refractivity contribution in [3.05, 3.63) is 42.1 Å². The highest BCUT2D eigenvalue weighted by Gasteiger charge is 2.42. The molecule has 1 aliphatic rings. The fourth-order valence-corrected chi connectivity index (χ4v) is 3.34. The molecule has 1 amide bonds. The minimum Gasteiger partial charge on any atom is -0.349 e. The van der Waals surface area contributed by atoms with E-state index >= 15 is 0 Å². The number of benzene rings is 1. The Morgan fingerprint density at radius 3 is 2.69 bits per heavy atom. The lowest BCUT2D eigenvalue weighted by Crippen LogP contribution is -2.42. The number of nitrogens with two attached hydrogens (primary N) is 1. The van der Waals surface area contributed by atoms with Crippen molar-refractivity contribution < 1.29 is 13.6 Å². The monoisotopic (exact) mass is 363 g/mol. The zero-order chi connectivity index (χ0) is 18.9. The number of hydrogen-bond donors (Lipinski definition) is 2. The number of carbonyl (C=O) groups is 1. The van der Waals surface area contributed by atoms with Gasteiger partial charge in [0, 0.05) is 31.1 Å². The van der Waals surface area contributed by atoms with E-state index in [0.717, 1.165) is 0 Å². The van der Waals surface area contributed by atoms with Gasteiger partial charge in [-0.25, -0.2) is 8.78 Å². The SMILES string of the molecule is Cn1ncc(NC(=O)c2ccccc2)c1N1CC[C@](C)(N)CC(F)(F)C1. The van der Waals surface area contributed by atoms with Gasteiger partial charge >= 0.3 is 0 Å². The fraction of sp³-hybridized carbons (Fsp3) is 0.444. The normalized spacial score (nSPS) is 22.7. The number of aryl methyl sites for hydroxylation is 1. The molecular weight excluding hydrogens is 340 g/mol. The molecule has 6 nitrogen and oxygen atoms in total. The van der Waals surface area contributed by atoms with Gasteiger partial charge in [0.05, 0.1) is 12.7 Å². The van der Waals surface area contributed by atoms with Crippen molar-refractivity contribution in [2.24, 2.45) is 12.8 Å². The number of nitrogens with zero attached hydrogens (tertiary/aromatic N) is 3. The van der Waals surface area contributed by atoms with Gasteiger partial charge in [-0.1, -0.05) is 18.2 Å². The fourth-order valence-electron chi connectivity index (χ4n) is 3.34. The van der Waals surface area contributed by atoms with Crippen molar-refractivity contribution in [1.82, 2.24) is 9.78 Å². The number of hydrogen-bond acceptors (Lipinski definition) is 4. The molecule has 3 N–H and O–H groups in total. The van der Waals surface area contributed by atoms with Crippen LogP contribution in [0.4, 0.5) is 20.3 Å². The Morgan fingerprint density at radius 2 is 2.00 bits per heavy atom. The maximum absolute atomic E-state index is 14.4. The zero-order valence-electron chi connectivity index (χ0n) is 14.9. The van der Waals surface area contributed by atoms with E-state index in [-0.39, 0.29) is 12.3 Å². The van der Waals surface area contributed by atoms with Crippen LogP contribution >= 0.6 is 0 Å². The van der Waals surface area contributed by atoms with Gasteiger partial charge in [-0.15, -0.1) is 0 Å². The molecule has 26 heavy (non-hydrogen) atoms. The van der Waals surface area contributed by atoms with Crippen LogP contribution in [0.3, 0.4) is 0 Å². The van der Waals surface area contributed by atoms with E-state index in [0.29, 0.717) is 30.0 Å². The maximum Gasteiger partial charge on any atom is 0.267 e. The first-order valence-corrected chi connectivity index (χ1v) is 8.47. The summed E-state index contributed by atoms with van der Waals surface area (Å²) in [6.45, 7) is 1.54. The molecule has 0 spiro atoms. The molecular formula is C18H23F2N5O. The van der Waals surface area contributed by atoms with Gasteiger partial charge in [0.25, 0.3) is 11.8 Å². The van der Waals surface area contributed by atoms with Gasteiger partial charge in [-0.2, -0.15) is 5.10 Å². The van der Waals surface area contributed by atoms with Gasteiger partial charge in [-0.3, -0.25) is 9.48 Å². The number of halogens is 2. The van der Waals surface area contributed by atoms with E-state index in [1.807, 2.05) is 6.07 Å². The molecule has 0 saturated carbocycles. The number of rotatable bonds is 3. The highest BCUT2D eigenvalue weighted by Crippen LogP contribution is 2.35. The largest absolute Gasteiger partial charge is 0.349 e. The molecule has 1 aromatic carbocycles. The van der Waals surface area contributed by atoms with Crippen molar-refractivity contribution in [2.75, 3.05) is 23.3 Å². The lowest BCUT2D eigenvalue weighted by molar-refractivity contribution is -0.0116. The summed E-state index contributed by atoms with van der Waals surface area (Å²) in [4.78, 5) is 14.0. The molecule has 1 fully saturated rings. The van der Waals surface area contributed by atoms with Crippen LogP contribution in [0, 0.1) is 0 Å². The van der Waals surface area contributed by atoms with Crippen LogP contribution in [0.1, 0.15) is 30.1 Å². The average Bonchev–Trinajstić information content (AvgIpc) is 2.86. The lowest BCUT2D eigenvalue weighted by atomic mass is 9.93. The number of carbonyl (C=O) groups excluding carboxylic acids is 1. The summed E-state index contributed by atoms with van der Waals surface area (Å²) >= 11 is 0. The maximum atomic E-state index is 14.4. The summed E-state index contributed by atoms with van der Waals surface area (Å²) in [7, 11) is 1.66. The molecule has 1 aliphatic heterocycles. The lowest BCUT2D eigenvalue weighted by Gasteiger charge is -2.27. The van der Waals surface area contributed by atoms with Gasteiger partial charge in [0.2, 0.25) is 0 Å². The standard InChI is InChI=1S/C18H23F2N5O/c1-17(21)8-9-25(12-18(19,20)11-17)16-14(10-22-24(16)2)23-15(26)13-6-4-3-5-7-13/h3-7,10H,8-9,11-12,21H2,1-2H3,(H,23,26)/t17-/m0/s1. The van der Waals surface area contributed by atoms with Crippen molar-refractivity contribution in [1.29, 1.82) is 0 Å². The quantitative estimate of drug-likeness (QED) is 0.879. The van der Waals surface area contributed by atoms with Gasteiger partial charge in [0.15, 0.2) is 5.82 Å². The third-order valence-corrected chi connectivity index (χ3v) is 4.53. The molecule has 2 heterocycles. The molecule has 1 saturated heterocycles. The van der Waals surface area contributed by atoms with E-state index in [9.17, 15) is 13.6 Å². The summed E-state index contributed by atoms with van der Waals surface area (Å²) < 4.78 is 30.2. The van der Waals surface area contributed by atoms with E-state index in [1.165, 1.54) is 10.9 Å². The summed E-state index contributed by atoms with van der Waals surface area (Å²) in [5.74, 6) is -2.79. The van der Waals surface area contributed by atoms with E-state index in [2.05, 4.69) is 10.4 Å². The molecule has 1 atom stereocenters.